The fraction of sp³-hybridized carbons (Fsp3) is 0.500. The molecule has 2 rings (SSSR count). The number of hydrogen-bond donors (Lipinski definition) is 1. The number of nitro groups is 1. The molecule has 0 aliphatic carbocycles. The summed E-state index contributed by atoms with van der Waals surface area (Å²) in [7, 11) is 0. The molecule has 1 aromatic heterocycles. The van der Waals surface area contributed by atoms with Crippen LogP contribution in [0.3, 0.4) is 0 Å². The van der Waals surface area contributed by atoms with Crippen molar-refractivity contribution in [3.63, 3.8) is 0 Å². The summed E-state index contributed by atoms with van der Waals surface area (Å²) in [4.78, 5) is 16.1. The Kier molecular flexibility index (Phi) is 3.12. The van der Waals surface area contributed by atoms with E-state index in [1.54, 1.807) is 4.90 Å². The summed E-state index contributed by atoms with van der Waals surface area (Å²) in [6.07, 6.45) is 1.30. The minimum absolute atomic E-state index is 0.0705. The van der Waals surface area contributed by atoms with Crippen LogP contribution >= 0.6 is 0 Å². The van der Waals surface area contributed by atoms with E-state index in [1.165, 1.54) is 12.3 Å². The zero-order valence-corrected chi connectivity index (χ0v) is 10.7. The van der Waals surface area contributed by atoms with Gasteiger partial charge in [-0.25, -0.2) is 4.98 Å². The minimum Gasteiger partial charge on any atom is -0.386 e. The fourth-order valence-electron chi connectivity index (χ4n) is 2.01. The van der Waals surface area contributed by atoms with Crippen molar-refractivity contribution in [2.75, 3.05) is 18.0 Å². The molecule has 0 atom stereocenters. The molecule has 0 radical (unpaired) electrons. The summed E-state index contributed by atoms with van der Waals surface area (Å²) in [5, 5.41) is 29.9. The number of rotatable bonds is 3. The highest BCUT2D eigenvalue weighted by molar-refractivity contribution is 5.62. The van der Waals surface area contributed by atoms with Crippen LogP contribution < -0.4 is 4.90 Å². The molecule has 7 heteroatoms. The van der Waals surface area contributed by atoms with Crippen molar-refractivity contribution in [3.05, 3.63) is 27.9 Å². The highest BCUT2D eigenvalue weighted by Crippen LogP contribution is 2.36. The van der Waals surface area contributed by atoms with Crippen molar-refractivity contribution in [1.29, 1.82) is 5.26 Å². The standard InChI is InChI=1S/C12H14N4O3/c1-8(2)12(17)6-15(7-12)11-10(16(18)19)3-9(4-13)5-14-11/h3,5,8,17H,6-7H2,1-2H3. The van der Waals surface area contributed by atoms with E-state index in [1.807, 2.05) is 19.9 Å². The van der Waals surface area contributed by atoms with Crippen LogP contribution in [0.25, 0.3) is 0 Å². The van der Waals surface area contributed by atoms with Gasteiger partial charge in [0.2, 0.25) is 5.82 Å². The molecule has 0 aromatic carbocycles. The molecule has 1 fully saturated rings. The SMILES string of the molecule is CC(C)C1(O)CN(c2ncc(C#N)cc2[N+](=O)[O-])C1. The Labute approximate surface area is 110 Å². The first-order valence-corrected chi connectivity index (χ1v) is 5.89. The molecule has 1 N–H and O–H groups in total. The lowest BCUT2D eigenvalue weighted by Crippen LogP contribution is -2.65. The molecular weight excluding hydrogens is 248 g/mol. The van der Waals surface area contributed by atoms with Crippen LogP contribution in [0, 0.1) is 27.4 Å². The third kappa shape index (κ3) is 2.22. The van der Waals surface area contributed by atoms with Crippen molar-refractivity contribution in [2.24, 2.45) is 5.92 Å². The first-order chi connectivity index (χ1) is 8.87. The lowest BCUT2D eigenvalue weighted by Gasteiger charge is -2.49. The van der Waals surface area contributed by atoms with E-state index in [0.717, 1.165) is 0 Å². The number of nitriles is 1. The Balaban J connectivity index is 2.28. The van der Waals surface area contributed by atoms with E-state index >= 15 is 0 Å². The molecule has 7 nitrogen and oxygen atoms in total. The first-order valence-electron chi connectivity index (χ1n) is 5.89. The predicted molar refractivity (Wildman–Crippen MR) is 67.6 cm³/mol. The van der Waals surface area contributed by atoms with Crippen LogP contribution in [0.4, 0.5) is 11.5 Å². The number of β-amino-alcohol motifs (C(OH)–C–C–N with tert-alkyl or cyclic N) is 1. The van der Waals surface area contributed by atoms with Gasteiger partial charge >= 0.3 is 5.69 Å². The molecule has 19 heavy (non-hydrogen) atoms. The van der Waals surface area contributed by atoms with Crippen LogP contribution in [-0.2, 0) is 0 Å². The van der Waals surface area contributed by atoms with E-state index in [9.17, 15) is 15.2 Å². The van der Waals surface area contributed by atoms with Gasteiger partial charge in [0.15, 0.2) is 0 Å². The Bertz CT molecular complexity index is 559. The van der Waals surface area contributed by atoms with Gasteiger partial charge in [-0.05, 0) is 5.92 Å². The van der Waals surface area contributed by atoms with E-state index in [2.05, 4.69) is 4.98 Å². The van der Waals surface area contributed by atoms with Crippen LogP contribution in [0.5, 0.6) is 0 Å². The van der Waals surface area contributed by atoms with Gasteiger partial charge in [-0.2, -0.15) is 5.26 Å². The fourth-order valence-corrected chi connectivity index (χ4v) is 2.01. The molecule has 0 amide bonds. The highest BCUT2D eigenvalue weighted by Gasteiger charge is 2.46. The van der Waals surface area contributed by atoms with E-state index in [4.69, 9.17) is 5.26 Å². The minimum atomic E-state index is -0.830. The van der Waals surface area contributed by atoms with Gasteiger partial charge in [0, 0.05) is 12.3 Å². The number of anilines is 1. The summed E-state index contributed by atoms with van der Waals surface area (Å²) < 4.78 is 0. The number of nitrogens with zero attached hydrogens (tertiary/aromatic N) is 4. The second-order valence-electron chi connectivity index (χ2n) is 5.05. The number of hydrogen-bond acceptors (Lipinski definition) is 6. The molecule has 0 bridgehead atoms. The largest absolute Gasteiger partial charge is 0.386 e. The lowest BCUT2D eigenvalue weighted by atomic mass is 9.83. The number of pyridine rings is 1. The van der Waals surface area contributed by atoms with Crippen molar-refractivity contribution >= 4 is 11.5 Å². The van der Waals surface area contributed by atoms with E-state index in [0.29, 0.717) is 13.1 Å². The Morgan fingerprint density at radius 1 is 1.63 bits per heavy atom. The molecule has 2 heterocycles. The van der Waals surface area contributed by atoms with Crippen LogP contribution in [0.2, 0.25) is 0 Å². The summed E-state index contributed by atoms with van der Waals surface area (Å²) in [6, 6.07) is 3.03. The summed E-state index contributed by atoms with van der Waals surface area (Å²) in [6.45, 7) is 4.42. The zero-order valence-electron chi connectivity index (χ0n) is 10.7. The van der Waals surface area contributed by atoms with Crippen LogP contribution in [0.1, 0.15) is 19.4 Å². The summed E-state index contributed by atoms with van der Waals surface area (Å²) in [5.41, 5.74) is -0.886. The Morgan fingerprint density at radius 3 is 2.74 bits per heavy atom. The van der Waals surface area contributed by atoms with Gasteiger partial charge in [-0.1, -0.05) is 13.8 Å². The smallest absolute Gasteiger partial charge is 0.312 e. The normalized spacial score (nSPS) is 16.9. The summed E-state index contributed by atoms with van der Waals surface area (Å²) >= 11 is 0. The average Bonchev–Trinajstić information content (AvgIpc) is 2.33. The quantitative estimate of drug-likeness (QED) is 0.645. The van der Waals surface area contributed by atoms with Crippen LogP contribution in [-0.4, -0.2) is 33.7 Å². The van der Waals surface area contributed by atoms with E-state index < -0.39 is 10.5 Å². The number of aliphatic hydroxyl groups is 1. The van der Waals surface area contributed by atoms with Crippen molar-refractivity contribution in [2.45, 2.75) is 19.4 Å². The molecule has 0 saturated carbocycles. The van der Waals surface area contributed by atoms with Crippen molar-refractivity contribution < 1.29 is 10.0 Å². The highest BCUT2D eigenvalue weighted by atomic mass is 16.6. The van der Waals surface area contributed by atoms with Gasteiger partial charge in [0.25, 0.3) is 0 Å². The third-order valence-electron chi connectivity index (χ3n) is 3.48. The lowest BCUT2D eigenvalue weighted by molar-refractivity contribution is -0.384. The van der Waals surface area contributed by atoms with Crippen molar-refractivity contribution in [1.82, 2.24) is 4.98 Å². The van der Waals surface area contributed by atoms with Gasteiger partial charge in [0.1, 0.15) is 11.7 Å². The maximum absolute atomic E-state index is 11.0. The third-order valence-corrected chi connectivity index (χ3v) is 3.48. The van der Waals surface area contributed by atoms with Gasteiger partial charge in [-0.3, -0.25) is 10.1 Å². The van der Waals surface area contributed by atoms with Crippen molar-refractivity contribution in [3.8, 4) is 6.07 Å². The molecule has 1 aliphatic rings. The molecular formula is C12H14N4O3. The van der Waals surface area contributed by atoms with E-state index in [-0.39, 0.29) is 23.0 Å². The Hall–Kier alpha value is -2.20. The topological polar surface area (TPSA) is 103 Å². The van der Waals surface area contributed by atoms with Crippen LogP contribution in [0.15, 0.2) is 12.3 Å². The van der Waals surface area contributed by atoms with Gasteiger partial charge < -0.3 is 10.0 Å². The molecule has 1 aliphatic heterocycles. The maximum atomic E-state index is 11.0. The average molecular weight is 262 g/mol. The molecule has 1 saturated heterocycles. The molecule has 100 valence electrons. The van der Waals surface area contributed by atoms with Gasteiger partial charge in [0.05, 0.1) is 23.6 Å². The predicted octanol–water partition coefficient (Wildman–Crippen LogP) is 1.07. The number of aromatic nitrogens is 1. The second kappa shape index (κ2) is 4.48. The zero-order chi connectivity index (χ0) is 14.2. The summed E-state index contributed by atoms with van der Waals surface area (Å²) in [5.74, 6) is 0.274. The van der Waals surface area contributed by atoms with Gasteiger partial charge in [-0.15, -0.1) is 0 Å². The second-order valence-corrected chi connectivity index (χ2v) is 5.05. The Morgan fingerprint density at radius 2 is 2.26 bits per heavy atom. The maximum Gasteiger partial charge on any atom is 0.312 e. The first kappa shape index (κ1) is 13.2. The molecule has 0 spiro atoms. The monoisotopic (exact) mass is 262 g/mol. The molecule has 0 unspecified atom stereocenters. The molecule has 1 aromatic rings.